The Hall–Kier alpha value is -0.570. The summed E-state index contributed by atoms with van der Waals surface area (Å²) >= 11 is 0. The van der Waals surface area contributed by atoms with Gasteiger partial charge in [0.15, 0.2) is 0 Å². The van der Waals surface area contributed by atoms with Crippen molar-refractivity contribution in [1.82, 2.24) is 10.6 Å². The summed E-state index contributed by atoms with van der Waals surface area (Å²) in [5.74, 6) is 1.60. The minimum absolute atomic E-state index is 0.277. The molecule has 16 heavy (non-hydrogen) atoms. The Morgan fingerprint density at radius 1 is 1.12 bits per heavy atom. The number of amides is 1. The maximum atomic E-state index is 11.7. The van der Waals surface area contributed by atoms with Crippen LogP contribution in [0.5, 0.6) is 0 Å². The summed E-state index contributed by atoms with van der Waals surface area (Å²) in [6.45, 7) is 3.06. The molecular weight excluding hydrogens is 200 g/mol. The van der Waals surface area contributed by atoms with Gasteiger partial charge < -0.3 is 10.6 Å². The summed E-state index contributed by atoms with van der Waals surface area (Å²) in [6, 6.07) is 0. The van der Waals surface area contributed by atoms with Gasteiger partial charge in [-0.05, 0) is 44.2 Å². The van der Waals surface area contributed by atoms with Gasteiger partial charge in [0.25, 0.3) is 0 Å². The van der Waals surface area contributed by atoms with Crippen LogP contribution in [-0.2, 0) is 4.79 Å². The van der Waals surface area contributed by atoms with Crippen LogP contribution in [0.2, 0.25) is 0 Å². The molecular formula is C13H24N2O. The van der Waals surface area contributed by atoms with Crippen molar-refractivity contribution in [2.24, 2.45) is 11.8 Å². The molecule has 1 aliphatic heterocycles. The third-order valence-corrected chi connectivity index (χ3v) is 3.95. The molecule has 2 fully saturated rings. The van der Waals surface area contributed by atoms with Crippen LogP contribution in [0.15, 0.2) is 0 Å². The van der Waals surface area contributed by atoms with Crippen molar-refractivity contribution in [2.45, 2.75) is 44.9 Å². The average molecular weight is 224 g/mol. The summed E-state index contributed by atoms with van der Waals surface area (Å²) < 4.78 is 0. The van der Waals surface area contributed by atoms with Crippen LogP contribution in [0.25, 0.3) is 0 Å². The largest absolute Gasteiger partial charge is 0.356 e. The predicted octanol–water partition coefficient (Wildman–Crippen LogP) is 1.68. The molecule has 2 rings (SSSR count). The Labute approximate surface area is 98.4 Å². The first kappa shape index (κ1) is 11.9. The van der Waals surface area contributed by atoms with Gasteiger partial charge in [-0.1, -0.05) is 19.3 Å². The van der Waals surface area contributed by atoms with E-state index in [1.807, 2.05) is 0 Å². The number of hydrogen-bond donors (Lipinski definition) is 2. The van der Waals surface area contributed by atoms with Gasteiger partial charge in [0.1, 0.15) is 0 Å². The Bertz CT molecular complexity index is 218. The van der Waals surface area contributed by atoms with Crippen molar-refractivity contribution in [1.29, 1.82) is 0 Å². The smallest absolute Gasteiger partial charge is 0.220 e. The summed E-state index contributed by atoms with van der Waals surface area (Å²) in [4.78, 5) is 11.7. The van der Waals surface area contributed by atoms with Crippen molar-refractivity contribution in [3.05, 3.63) is 0 Å². The highest BCUT2D eigenvalue weighted by Crippen LogP contribution is 2.26. The van der Waals surface area contributed by atoms with Crippen molar-refractivity contribution >= 4 is 5.91 Å². The van der Waals surface area contributed by atoms with Crippen LogP contribution in [0.3, 0.4) is 0 Å². The lowest BCUT2D eigenvalue weighted by molar-refractivity contribution is -0.122. The summed E-state index contributed by atoms with van der Waals surface area (Å²) in [5, 5.41) is 6.42. The second kappa shape index (κ2) is 6.24. The van der Waals surface area contributed by atoms with Gasteiger partial charge in [0.05, 0.1) is 0 Å². The second-order valence-corrected chi connectivity index (χ2v) is 5.37. The normalized spacial score (nSPS) is 26.9. The zero-order chi connectivity index (χ0) is 11.2. The minimum atomic E-state index is 0.277. The molecule has 1 atom stereocenters. The van der Waals surface area contributed by atoms with Gasteiger partial charge in [-0.3, -0.25) is 4.79 Å². The van der Waals surface area contributed by atoms with Crippen LogP contribution in [-0.4, -0.2) is 25.5 Å². The zero-order valence-electron chi connectivity index (χ0n) is 10.1. The lowest BCUT2D eigenvalue weighted by Gasteiger charge is -2.21. The fourth-order valence-electron chi connectivity index (χ4n) is 2.87. The fourth-order valence-corrected chi connectivity index (χ4v) is 2.87. The van der Waals surface area contributed by atoms with E-state index < -0.39 is 0 Å². The molecule has 1 unspecified atom stereocenters. The summed E-state index contributed by atoms with van der Waals surface area (Å²) in [5.41, 5.74) is 0. The Morgan fingerprint density at radius 3 is 2.62 bits per heavy atom. The van der Waals surface area contributed by atoms with Gasteiger partial charge >= 0.3 is 0 Å². The number of nitrogens with one attached hydrogen (secondary N) is 2. The van der Waals surface area contributed by atoms with E-state index in [4.69, 9.17) is 0 Å². The molecule has 1 amide bonds. The first-order valence-corrected chi connectivity index (χ1v) is 6.82. The molecule has 0 aromatic heterocycles. The van der Waals surface area contributed by atoms with Crippen LogP contribution in [0, 0.1) is 11.8 Å². The first-order valence-electron chi connectivity index (χ1n) is 6.82. The summed E-state index contributed by atoms with van der Waals surface area (Å²) in [7, 11) is 0. The van der Waals surface area contributed by atoms with E-state index in [1.165, 1.54) is 38.5 Å². The molecule has 1 aliphatic carbocycles. The van der Waals surface area contributed by atoms with Crippen molar-refractivity contribution in [3.63, 3.8) is 0 Å². The molecule has 92 valence electrons. The second-order valence-electron chi connectivity index (χ2n) is 5.37. The molecule has 2 N–H and O–H groups in total. The Kier molecular flexibility index (Phi) is 4.64. The molecule has 3 nitrogen and oxygen atoms in total. The van der Waals surface area contributed by atoms with E-state index in [2.05, 4.69) is 10.6 Å². The number of carbonyl (C=O) groups is 1. The molecule has 1 heterocycles. The number of hydrogen-bond acceptors (Lipinski definition) is 2. The first-order chi connectivity index (χ1) is 7.84. The number of carbonyl (C=O) groups excluding carboxylic acids is 1. The molecule has 0 spiro atoms. The molecule has 1 saturated carbocycles. The standard InChI is InChI=1S/C13H24N2O/c16-13(8-11-4-2-1-3-5-11)15-10-12-6-7-14-9-12/h11-12,14H,1-10H2,(H,15,16). The molecule has 0 aromatic carbocycles. The summed E-state index contributed by atoms with van der Waals surface area (Å²) in [6.07, 6.45) is 8.52. The minimum Gasteiger partial charge on any atom is -0.356 e. The lowest BCUT2D eigenvalue weighted by atomic mass is 9.87. The maximum absolute atomic E-state index is 11.7. The lowest BCUT2D eigenvalue weighted by Crippen LogP contribution is -2.31. The van der Waals surface area contributed by atoms with Crippen LogP contribution >= 0.6 is 0 Å². The van der Waals surface area contributed by atoms with E-state index in [0.29, 0.717) is 11.8 Å². The van der Waals surface area contributed by atoms with Crippen molar-refractivity contribution in [2.75, 3.05) is 19.6 Å². The fraction of sp³-hybridized carbons (Fsp3) is 0.923. The molecule has 3 heteroatoms. The highest BCUT2D eigenvalue weighted by molar-refractivity contribution is 5.76. The van der Waals surface area contributed by atoms with E-state index in [1.54, 1.807) is 0 Å². The van der Waals surface area contributed by atoms with Gasteiger partial charge in [-0.25, -0.2) is 0 Å². The van der Waals surface area contributed by atoms with Gasteiger partial charge in [0.2, 0.25) is 5.91 Å². The highest BCUT2D eigenvalue weighted by Gasteiger charge is 2.19. The number of rotatable bonds is 4. The SMILES string of the molecule is O=C(CC1CCCCC1)NCC1CCNC1. The molecule has 0 aromatic rings. The van der Waals surface area contributed by atoms with Crippen LogP contribution < -0.4 is 10.6 Å². The maximum Gasteiger partial charge on any atom is 0.220 e. The Morgan fingerprint density at radius 2 is 1.94 bits per heavy atom. The van der Waals surface area contributed by atoms with Crippen LogP contribution in [0.4, 0.5) is 0 Å². The van der Waals surface area contributed by atoms with E-state index >= 15 is 0 Å². The van der Waals surface area contributed by atoms with Crippen molar-refractivity contribution in [3.8, 4) is 0 Å². The molecule has 0 radical (unpaired) electrons. The molecule has 0 bridgehead atoms. The van der Waals surface area contributed by atoms with E-state index in [9.17, 15) is 4.79 Å². The highest BCUT2D eigenvalue weighted by atomic mass is 16.1. The van der Waals surface area contributed by atoms with E-state index in [0.717, 1.165) is 26.1 Å². The quantitative estimate of drug-likeness (QED) is 0.763. The average Bonchev–Trinajstić information content (AvgIpc) is 2.81. The molecule has 2 aliphatic rings. The monoisotopic (exact) mass is 224 g/mol. The topological polar surface area (TPSA) is 41.1 Å². The Balaban J connectivity index is 1.59. The van der Waals surface area contributed by atoms with Gasteiger partial charge in [0, 0.05) is 13.0 Å². The van der Waals surface area contributed by atoms with Crippen LogP contribution in [0.1, 0.15) is 44.9 Å². The van der Waals surface area contributed by atoms with E-state index in [-0.39, 0.29) is 5.91 Å². The zero-order valence-corrected chi connectivity index (χ0v) is 10.1. The van der Waals surface area contributed by atoms with Gasteiger partial charge in [-0.2, -0.15) is 0 Å². The predicted molar refractivity (Wildman–Crippen MR) is 65.2 cm³/mol. The third kappa shape index (κ3) is 3.78. The van der Waals surface area contributed by atoms with Gasteiger partial charge in [-0.15, -0.1) is 0 Å². The molecule has 1 saturated heterocycles. The third-order valence-electron chi connectivity index (χ3n) is 3.95. The van der Waals surface area contributed by atoms with Crippen molar-refractivity contribution < 1.29 is 4.79 Å².